The van der Waals surface area contributed by atoms with E-state index in [0.29, 0.717) is 34.4 Å². The van der Waals surface area contributed by atoms with Crippen LogP contribution in [0.2, 0.25) is 0 Å². The maximum Gasteiger partial charge on any atom is 0.258 e. The second-order valence-electron chi connectivity index (χ2n) is 7.48. The molecule has 1 fully saturated rings. The molecule has 0 bridgehead atoms. The molecule has 0 saturated carbocycles. The Bertz CT molecular complexity index is 1100. The van der Waals surface area contributed by atoms with Gasteiger partial charge in [0, 0.05) is 29.5 Å². The fourth-order valence-electron chi connectivity index (χ4n) is 3.46. The second-order valence-corrected chi connectivity index (χ2v) is 9.63. The zero-order valence-corrected chi connectivity index (χ0v) is 19.2. The fourth-order valence-corrected chi connectivity index (χ4v) is 5.44. The quantitative estimate of drug-likeness (QED) is 0.355. The molecule has 1 aliphatic rings. The van der Waals surface area contributed by atoms with E-state index in [9.17, 15) is 14.0 Å². The zero-order chi connectivity index (χ0) is 22.5. The molecule has 1 atom stereocenters. The molecule has 1 unspecified atom stereocenters. The van der Waals surface area contributed by atoms with Crippen molar-refractivity contribution >= 4 is 45.7 Å². The predicted molar refractivity (Wildman–Crippen MR) is 126 cm³/mol. The van der Waals surface area contributed by atoms with Gasteiger partial charge in [-0.1, -0.05) is 36.8 Å². The first-order valence-corrected chi connectivity index (χ1v) is 12.3. The molecule has 2 amide bonds. The van der Waals surface area contributed by atoms with Crippen LogP contribution in [0.1, 0.15) is 47.5 Å². The molecule has 6 nitrogen and oxygen atoms in total. The largest absolute Gasteiger partial charge is 0.312 e. The average Bonchev–Trinajstić information content (AvgIpc) is 3.41. The van der Waals surface area contributed by atoms with Gasteiger partial charge in [-0.2, -0.15) is 0 Å². The topological polar surface area (TPSA) is 75.2 Å². The highest BCUT2D eigenvalue weighted by atomic mass is 32.2. The van der Waals surface area contributed by atoms with Gasteiger partial charge < -0.3 is 4.90 Å². The lowest BCUT2D eigenvalue weighted by atomic mass is 10.1. The van der Waals surface area contributed by atoms with Gasteiger partial charge in [0.25, 0.3) is 5.91 Å². The number of hydrogen-bond donors (Lipinski definition) is 1. The SMILES string of the molecule is CCCCSc1ccccc1C(=O)Nc1nnc(C2CC(=O)N(c3ccc(F)cc3)C2)s1. The minimum absolute atomic E-state index is 0.0413. The molecule has 166 valence electrons. The third-order valence-electron chi connectivity index (χ3n) is 5.16. The Labute approximate surface area is 194 Å². The first-order chi connectivity index (χ1) is 15.5. The summed E-state index contributed by atoms with van der Waals surface area (Å²) in [5, 5.41) is 12.3. The number of nitrogens with one attached hydrogen (secondary N) is 1. The summed E-state index contributed by atoms with van der Waals surface area (Å²) in [4.78, 5) is 27.9. The molecule has 0 aliphatic carbocycles. The Morgan fingerprint density at radius 3 is 2.78 bits per heavy atom. The van der Waals surface area contributed by atoms with Crippen molar-refractivity contribution in [2.45, 2.75) is 37.0 Å². The van der Waals surface area contributed by atoms with Gasteiger partial charge in [0.2, 0.25) is 11.0 Å². The number of aromatic nitrogens is 2. The van der Waals surface area contributed by atoms with Crippen molar-refractivity contribution in [2.75, 3.05) is 22.5 Å². The summed E-state index contributed by atoms with van der Waals surface area (Å²) in [7, 11) is 0. The van der Waals surface area contributed by atoms with E-state index in [1.54, 1.807) is 28.8 Å². The van der Waals surface area contributed by atoms with Gasteiger partial charge in [-0.25, -0.2) is 4.39 Å². The smallest absolute Gasteiger partial charge is 0.258 e. The molecule has 2 heterocycles. The molecule has 1 aliphatic heterocycles. The van der Waals surface area contributed by atoms with Crippen molar-refractivity contribution in [1.29, 1.82) is 0 Å². The summed E-state index contributed by atoms with van der Waals surface area (Å²) in [6.45, 7) is 2.59. The predicted octanol–water partition coefficient (Wildman–Crippen LogP) is 5.34. The van der Waals surface area contributed by atoms with Gasteiger partial charge in [0.1, 0.15) is 10.8 Å². The Balaban J connectivity index is 1.42. The number of halogens is 1. The van der Waals surface area contributed by atoms with Crippen molar-refractivity contribution < 1.29 is 14.0 Å². The molecular weight excluding hydrogens is 447 g/mol. The van der Waals surface area contributed by atoms with Gasteiger partial charge in [-0.15, -0.1) is 22.0 Å². The number of benzene rings is 2. The molecule has 3 aromatic rings. The van der Waals surface area contributed by atoms with E-state index in [4.69, 9.17) is 0 Å². The lowest BCUT2D eigenvalue weighted by Crippen LogP contribution is -2.24. The highest BCUT2D eigenvalue weighted by Crippen LogP contribution is 2.34. The number of hydrogen-bond acceptors (Lipinski definition) is 6. The standard InChI is InChI=1S/C23H23FN4O2S2/c1-2-3-12-31-19-7-5-4-6-18(19)21(30)25-23-27-26-22(32-23)15-13-20(29)28(14-15)17-10-8-16(24)9-11-17/h4-11,15H,2-3,12-14H2,1H3,(H,25,27,30). The summed E-state index contributed by atoms with van der Waals surface area (Å²) in [5.41, 5.74) is 1.28. The summed E-state index contributed by atoms with van der Waals surface area (Å²) in [6.07, 6.45) is 2.50. The van der Waals surface area contributed by atoms with Crippen LogP contribution >= 0.6 is 23.1 Å². The Morgan fingerprint density at radius 1 is 1.22 bits per heavy atom. The number of amides is 2. The maximum absolute atomic E-state index is 13.2. The lowest BCUT2D eigenvalue weighted by molar-refractivity contribution is -0.117. The van der Waals surface area contributed by atoms with Gasteiger partial charge in [-0.05, 0) is 48.6 Å². The minimum atomic E-state index is -0.341. The number of rotatable bonds is 8. The van der Waals surface area contributed by atoms with Crippen molar-refractivity contribution in [3.63, 3.8) is 0 Å². The van der Waals surface area contributed by atoms with Crippen LogP contribution in [0.25, 0.3) is 0 Å². The van der Waals surface area contributed by atoms with E-state index in [2.05, 4.69) is 22.4 Å². The molecule has 2 aromatic carbocycles. The molecular formula is C23H23FN4O2S2. The number of carbonyl (C=O) groups excluding carboxylic acids is 2. The van der Waals surface area contributed by atoms with Crippen molar-refractivity contribution in [3.05, 3.63) is 64.9 Å². The molecule has 1 aromatic heterocycles. The third kappa shape index (κ3) is 5.16. The molecule has 1 N–H and O–H groups in total. The highest BCUT2D eigenvalue weighted by Gasteiger charge is 2.34. The van der Waals surface area contributed by atoms with Crippen LogP contribution in [-0.2, 0) is 4.79 Å². The van der Waals surface area contributed by atoms with E-state index in [1.807, 2.05) is 24.3 Å². The number of anilines is 2. The molecule has 9 heteroatoms. The summed E-state index contributed by atoms with van der Waals surface area (Å²) in [5.74, 6) is 0.242. The Kier molecular flexibility index (Phi) is 7.16. The van der Waals surface area contributed by atoms with Crippen LogP contribution in [0.5, 0.6) is 0 Å². The summed E-state index contributed by atoms with van der Waals surface area (Å²) in [6, 6.07) is 13.4. The van der Waals surface area contributed by atoms with E-state index < -0.39 is 0 Å². The maximum atomic E-state index is 13.2. The number of thioether (sulfide) groups is 1. The molecule has 0 radical (unpaired) electrons. The van der Waals surface area contributed by atoms with Crippen LogP contribution in [-0.4, -0.2) is 34.3 Å². The summed E-state index contributed by atoms with van der Waals surface area (Å²) >= 11 is 2.96. The van der Waals surface area contributed by atoms with Crippen LogP contribution in [0.4, 0.5) is 15.2 Å². The van der Waals surface area contributed by atoms with Crippen molar-refractivity contribution in [2.24, 2.45) is 0 Å². The van der Waals surface area contributed by atoms with Crippen molar-refractivity contribution in [1.82, 2.24) is 10.2 Å². The van der Waals surface area contributed by atoms with E-state index in [0.717, 1.165) is 23.5 Å². The van der Waals surface area contributed by atoms with Gasteiger partial charge in [0.15, 0.2) is 0 Å². The fraction of sp³-hybridized carbons (Fsp3) is 0.304. The van der Waals surface area contributed by atoms with Gasteiger partial charge >= 0.3 is 0 Å². The van der Waals surface area contributed by atoms with Gasteiger partial charge in [0.05, 0.1) is 5.56 Å². The van der Waals surface area contributed by atoms with E-state index >= 15 is 0 Å². The number of unbranched alkanes of at least 4 members (excludes halogenated alkanes) is 1. The zero-order valence-electron chi connectivity index (χ0n) is 17.6. The van der Waals surface area contributed by atoms with Crippen LogP contribution in [0.3, 0.4) is 0 Å². The average molecular weight is 471 g/mol. The number of carbonyl (C=O) groups is 2. The first-order valence-electron chi connectivity index (χ1n) is 10.5. The molecule has 0 spiro atoms. The molecule has 1 saturated heterocycles. The Morgan fingerprint density at radius 2 is 2.00 bits per heavy atom. The second kappa shape index (κ2) is 10.2. The third-order valence-corrected chi connectivity index (χ3v) is 7.32. The highest BCUT2D eigenvalue weighted by molar-refractivity contribution is 7.99. The monoisotopic (exact) mass is 470 g/mol. The first kappa shape index (κ1) is 22.4. The van der Waals surface area contributed by atoms with Crippen molar-refractivity contribution in [3.8, 4) is 0 Å². The molecule has 4 rings (SSSR count). The Hall–Kier alpha value is -2.78. The van der Waals surface area contributed by atoms with E-state index in [-0.39, 0.29) is 23.5 Å². The van der Waals surface area contributed by atoms with Gasteiger partial charge in [-0.3, -0.25) is 14.9 Å². The van der Waals surface area contributed by atoms with Crippen LogP contribution in [0.15, 0.2) is 53.4 Å². The lowest BCUT2D eigenvalue weighted by Gasteiger charge is -2.16. The summed E-state index contributed by atoms with van der Waals surface area (Å²) < 4.78 is 13.2. The molecule has 32 heavy (non-hydrogen) atoms. The van der Waals surface area contributed by atoms with E-state index in [1.165, 1.54) is 23.5 Å². The van der Waals surface area contributed by atoms with Crippen LogP contribution < -0.4 is 10.2 Å². The van der Waals surface area contributed by atoms with Crippen LogP contribution in [0, 0.1) is 5.82 Å². The number of nitrogens with zero attached hydrogens (tertiary/aromatic N) is 3. The normalized spacial score (nSPS) is 15.9. The minimum Gasteiger partial charge on any atom is -0.312 e.